The number of nitrogens with zero attached hydrogens (tertiary/aromatic N) is 3. The Morgan fingerprint density at radius 2 is 2.09 bits per heavy atom. The van der Waals surface area contributed by atoms with Crippen LogP contribution >= 0.6 is 11.6 Å². The second-order valence-corrected chi connectivity index (χ2v) is 5.77. The van der Waals surface area contributed by atoms with Crippen molar-refractivity contribution >= 4 is 17.5 Å². The van der Waals surface area contributed by atoms with Crippen LogP contribution in [-0.4, -0.2) is 20.3 Å². The maximum Gasteiger partial charge on any atom is 0.242 e. The van der Waals surface area contributed by atoms with Crippen molar-refractivity contribution in [3.05, 3.63) is 71.8 Å². The Bertz CT molecular complexity index is 795. The van der Waals surface area contributed by atoms with Gasteiger partial charge in [0.25, 0.3) is 0 Å². The molecule has 0 spiro atoms. The lowest BCUT2D eigenvalue weighted by Gasteiger charge is -2.15. The molecule has 1 atom stereocenters. The molecule has 23 heavy (non-hydrogen) atoms. The van der Waals surface area contributed by atoms with Gasteiger partial charge in [-0.3, -0.25) is 9.48 Å². The zero-order chi connectivity index (χ0) is 16.2. The highest BCUT2D eigenvalue weighted by Gasteiger charge is 2.11. The summed E-state index contributed by atoms with van der Waals surface area (Å²) in [5.41, 5.74) is 2.11. The molecule has 118 valence electrons. The van der Waals surface area contributed by atoms with Crippen molar-refractivity contribution in [1.29, 1.82) is 0 Å². The van der Waals surface area contributed by atoms with Crippen LogP contribution in [0.5, 0.6) is 0 Å². The molecule has 0 radical (unpaired) electrons. The third-order valence-electron chi connectivity index (χ3n) is 3.56. The van der Waals surface area contributed by atoms with Gasteiger partial charge in [-0.25, -0.2) is 0 Å². The van der Waals surface area contributed by atoms with Gasteiger partial charge in [-0.05, 0) is 36.8 Å². The van der Waals surface area contributed by atoms with E-state index in [0.29, 0.717) is 5.02 Å². The molecule has 1 unspecified atom stereocenters. The second kappa shape index (κ2) is 6.71. The van der Waals surface area contributed by atoms with Crippen molar-refractivity contribution < 1.29 is 4.79 Å². The summed E-state index contributed by atoms with van der Waals surface area (Å²) < 4.78 is 3.55. The molecule has 3 rings (SSSR count). The molecule has 0 saturated carbocycles. The van der Waals surface area contributed by atoms with Gasteiger partial charge in [-0.1, -0.05) is 23.7 Å². The number of rotatable bonds is 5. The van der Waals surface area contributed by atoms with Crippen LogP contribution in [0.2, 0.25) is 5.02 Å². The minimum atomic E-state index is -0.108. The Morgan fingerprint density at radius 1 is 1.30 bits per heavy atom. The fourth-order valence-electron chi connectivity index (χ4n) is 2.40. The molecule has 0 aliphatic rings. The number of nitrogens with one attached hydrogen (secondary N) is 1. The Kier molecular flexibility index (Phi) is 4.48. The van der Waals surface area contributed by atoms with Crippen LogP contribution in [0, 0.1) is 0 Å². The molecular weight excluding hydrogens is 312 g/mol. The molecule has 5 nitrogen and oxygen atoms in total. The van der Waals surface area contributed by atoms with Crippen LogP contribution < -0.4 is 5.32 Å². The first-order valence-electron chi connectivity index (χ1n) is 7.32. The molecular formula is C17H17ClN4O. The second-order valence-electron chi connectivity index (χ2n) is 5.33. The first kappa shape index (κ1) is 15.4. The van der Waals surface area contributed by atoms with E-state index in [-0.39, 0.29) is 18.5 Å². The van der Waals surface area contributed by atoms with Gasteiger partial charge in [0.05, 0.1) is 17.3 Å². The normalized spacial score (nSPS) is 12.1. The van der Waals surface area contributed by atoms with E-state index >= 15 is 0 Å². The molecule has 0 saturated heterocycles. The minimum absolute atomic E-state index is 0.0935. The van der Waals surface area contributed by atoms with Crippen LogP contribution in [0.1, 0.15) is 18.5 Å². The predicted octanol–water partition coefficient (Wildman–Crippen LogP) is 3.20. The molecule has 6 heteroatoms. The maximum atomic E-state index is 12.1. The molecule has 1 aromatic carbocycles. The smallest absolute Gasteiger partial charge is 0.242 e. The van der Waals surface area contributed by atoms with E-state index in [2.05, 4.69) is 16.5 Å². The first-order valence-corrected chi connectivity index (χ1v) is 7.70. The highest BCUT2D eigenvalue weighted by Crippen LogP contribution is 2.17. The summed E-state index contributed by atoms with van der Waals surface area (Å²) in [5, 5.41) is 7.50. The number of aromatic nitrogens is 3. The Hall–Kier alpha value is -2.53. The highest BCUT2D eigenvalue weighted by atomic mass is 35.5. The summed E-state index contributed by atoms with van der Waals surface area (Å²) >= 11 is 5.79. The van der Waals surface area contributed by atoms with Gasteiger partial charge in [0.1, 0.15) is 6.54 Å². The van der Waals surface area contributed by atoms with E-state index in [9.17, 15) is 4.79 Å². The number of benzene rings is 1. The Labute approximate surface area is 139 Å². The fraction of sp³-hybridized carbons (Fsp3) is 0.176. The van der Waals surface area contributed by atoms with Crippen molar-refractivity contribution in [2.45, 2.75) is 19.5 Å². The van der Waals surface area contributed by atoms with Crippen LogP contribution in [0.25, 0.3) is 5.69 Å². The molecule has 0 bridgehead atoms. The van der Waals surface area contributed by atoms with E-state index in [1.165, 1.54) is 10.9 Å². The van der Waals surface area contributed by atoms with E-state index in [4.69, 9.17) is 11.6 Å². The standard InChI is InChI=1S/C17H17ClN4O/c1-13(20-17(23)12-22-11-15(18)10-19-22)14-5-4-6-16(9-14)21-7-2-3-8-21/h2-11,13H,12H2,1H3,(H,20,23). The molecule has 0 aliphatic carbocycles. The van der Waals surface area contributed by atoms with E-state index in [1.807, 2.05) is 54.2 Å². The topological polar surface area (TPSA) is 51.9 Å². The Morgan fingerprint density at radius 3 is 2.78 bits per heavy atom. The Balaban J connectivity index is 1.67. The monoisotopic (exact) mass is 328 g/mol. The molecule has 3 aromatic rings. The van der Waals surface area contributed by atoms with Gasteiger partial charge in [0, 0.05) is 24.3 Å². The number of carbonyl (C=O) groups is 1. The predicted molar refractivity (Wildman–Crippen MR) is 89.6 cm³/mol. The summed E-state index contributed by atoms with van der Waals surface area (Å²) in [5.74, 6) is -0.108. The molecule has 2 heterocycles. The number of amides is 1. The quantitative estimate of drug-likeness (QED) is 0.782. The number of halogens is 1. The van der Waals surface area contributed by atoms with Gasteiger partial charge >= 0.3 is 0 Å². The van der Waals surface area contributed by atoms with Gasteiger partial charge in [-0.15, -0.1) is 0 Å². The first-order chi connectivity index (χ1) is 11.1. The third-order valence-corrected chi connectivity index (χ3v) is 3.75. The van der Waals surface area contributed by atoms with Crippen LogP contribution in [-0.2, 0) is 11.3 Å². The zero-order valence-corrected chi connectivity index (χ0v) is 13.4. The summed E-state index contributed by atoms with van der Waals surface area (Å²) in [6.07, 6.45) is 7.12. The number of carbonyl (C=O) groups excluding carboxylic acids is 1. The van der Waals surface area contributed by atoms with Gasteiger partial charge in [0.15, 0.2) is 0 Å². The van der Waals surface area contributed by atoms with Crippen molar-refractivity contribution in [3.63, 3.8) is 0 Å². The van der Waals surface area contributed by atoms with Gasteiger partial charge in [0.2, 0.25) is 5.91 Å². The summed E-state index contributed by atoms with van der Waals surface area (Å²) in [4.78, 5) is 12.1. The number of hydrogen-bond acceptors (Lipinski definition) is 2. The summed E-state index contributed by atoms with van der Waals surface area (Å²) in [6, 6.07) is 12.0. The fourth-order valence-corrected chi connectivity index (χ4v) is 2.56. The van der Waals surface area contributed by atoms with Gasteiger partial charge in [-0.2, -0.15) is 5.10 Å². The van der Waals surface area contributed by atoms with Crippen molar-refractivity contribution in [3.8, 4) is 5.69 Å². The number of hydrogen-bond donors (Lipinski definition) is 1. The molecule has 2 aromatic heterocycles. The zero-order valence-electron chi connectivity index (χ0n) is 12.7. The largest absolute Gasteiger partial charge is 0.348 e. The lowest BCUT2D eigenvalue weighted by atomic mass is 10.1. The van der Waals surface area contributed by atoms with E-state index in [1.54, 1.807) is 6.20 Å². The lowest BCUT2D eigenvalue weighted by Crippen LogP contribution is -2.30. The van der Waals surface area contributed by atoms with Crippen molar-refractivity contribution in [2.75, 3.05) is 0 Å². The summed E-state index contributed by atoms with van der Waals surface area (Å²) in [6.45, 7) is 2.11. The lowest BCUT2D eigenvalue weighted by molar-refractivity contribution is -0.122. The average molecular weight is 329 g/mol. The molecule has 1 amide bonds. The van der Waals surface area contributed by atoms with Crippen molar-refractivity contribution in [1.82, 2.24) is 19.7 Å². The van der Waals surface area contributed by atoms with E-state index < -0.39 is 0 Å². The summed E-state index contributed by atoms with van der Waals surface area (Å²) in [7, 11) is 0. The van der Waals surface area contributed by atoms with Gasteiger partial charge < -0.3 is 9.88 Å². The van der Waals surface area contributed by atoms with E-state index in [0.717, 1.165) is 11.3 Å². The third kappa shape index (κ3) is 3.81. The average Bonchev–Trinajstić information content (AvgIpc) is 3.19. The highest BCUT2D eigenvalue weighted by molar-refractivity contribution is 6.30. The van der Waals surface area contributed by atoms with Crippen molar-refractivity contribution in [2.24, 2.45) is 0 Å². The molecule has 1 N–H and O–H groups in total. The van der Waals surface area contributed by atoms with Crippen LogP contribution in [0.4, 0.5) is 0 Å². The molecule has 0 aliphatic heterocycles. The van der Waals surface area contributed by atoms with Crippen LogP contribution in [0.15, 0.2) is 61.2 Å². The SMILES string of the molecule is CC(NC(=O)Cn1cc(Cl)cn1)c1cccc(-n2cccc2)c1. The minimum Gasteiger partial charge on any atom is -0.348 e. The maximum absolute atomic E-state index is 12.1. The molecule has 0 fully saturated rings. The van der Waals surface area contributed by atoms with Crippen LogP contribution in [0.3, 0.4) is 0 Å².